The van der Waals surface area contributed by atoms with Gasteiger partial charge in [0.05, 0.1) is 24.8 Å². The van der Waals surface area contributed by atoms with Crippen LogP contribution in [-0.2, 0) is 4.79 Å². The quantitative estimate of drug-likeness (QED) is 0.234. The minimum Gasteiger partial charge on any atom is -0.497 e. The van der Waals surface area contributed by atoms with Crippen LogP contribution in [0, 0.1) is 5.92 Å². The molecule has 3 heterocycles. The first-order valence-corrected chi connectivity index (χ1v) is 17.7. The van der Waals surface area contributed by atoms with Gasteiger partial charge in [-0.2, -0.15) is 0 Å². The van der Waals surface area contributed by atoms with Gasteiger partial charge in [0.15, 0.2) is 0 Å². The SMILES string of the molecule is COc1ccc(C2=NC(c3ccc(Br)cc3)C(c3ccc(Br)cc3)N2C(=O)C2CCN(N3CCCCC3)CC2)c(OC(C)C)c1. The molecule has 238 valence electrons. The topological polar surface area (TPSA) is 57.6 Å². The molecule has 3 aromatic carbocycles. The Labute approximate surface area is 283 Å². The molecule has 9 heteroatoms. The highest BCUT2D eigenvalue weighted by Gasteiger charge is 2.45. The number of carbonyl (C=O) groups is 1. The second kappa shape index (κ2) is 14.4. The van der Waals surface area contributed by atoms with E-state index in [9.17, 15) is 4.79 Å². The fourth-order valence-electron chi connectivity index (χ4n) is 6.80. The summed E-state index contributed by atoms with van der Waals surface area (Å²) in [4.78, 5) is 22.3. The molecule has 0 N–H and O–H groups in total. The average Bonchev–Trinajstić information content (AvgIpc) is 3.45. The zero-order valence-electron chi connectivity index (χ0n) is 26.3. The Morgan fingerprint density at radius 1 is 0.822 bits per heavy atom. The highest BCUT2D eigenvalue weighted by molar-refractivity contribution is 9.10. The number of hydrazine groups is 1. The molecule has 3 aliphatic rings. The molecule has 0 aromatic heterocycles. The van der Waals surface area contributed by atoms with E-state index in [-0.39, 0.29) is 30.0 Å². The van der Waals surface area contributed by atoms with E-state index in [0.717, 1.165) is 64.7 Å². The largest absolute Gasteiger partial charge is 0.497 e. The summed E-state index contributed by atoms with van der Waals surface area (Å²) in [5.74, 6) is 2.05. The number of methoxy groups -OCH3 is 1. The van der Waals surface area contributed by atoms with E-state index in [4.69, 9.17) is 14.5 Å². The van der Waals surface area contributed by atoms with Crippen molar-refractivity contribution in [1.82, 2.24) is 14.9 Å². The number of amides is 1. The Morgan fingerprint density at radius 3 is 2.02 bits per heavy atom. The van der Waals surface area contributed by atoms with Gasteiger partial charge in [-0.25, -0.2) is 10.0 Å². The van der Waals surface area contributed by atoms with Crippen LogP contribution < -0.4 is 9.47 Å². The van der Waals surface area contributed by atoms with Crippen molar-refractivity contribution in [2.75, 3.05) is 33.3 Å². The third kappa shape index (κ3) is 7.17. The number of carbonyl (C=O) groups excluding carboxylic acids is 1. The monoisotopic (exact) mass is 736 g/mol. The summed E-state index contributed by atoms with van der Waals surface area (Å²) in [5.41, 5.74) is 2.90. The van der Waals surface area contributed by atoms with Crippen molar-refractivity contribution in [3.63, 3.8) is 0 Å². The second-order valence-electron chi connectivity index (χ2n) is 12.4. The maximum absolute atomic E-state index is 14.9. The van der Waals surface area contributed by atoms with Crippen LogP contribution in [-0.4, -0.2) is 66.1 Å². The molecule has 2 atom stereocenters. The van der Waals surface area contributed by atoms with Crippen molar-refractivity contribution in [3.05, 3.63) is 92.4 Å². The molecular formula is C36H42Br2N4O3. The molecular weight excluding hydrogens is 696 g/mol. The molecule has 1 amide bonds. The van der Waals surface area contributed by atoms with Crippen molar-refractivity contribution in [3.8, 4) is 11.5 Å². The van der Waals surface area contributed by atoms with Crippen LogP contribution in [0.3, 0.4) is 0 Å². The van der Waals surface area contributed by atoms with E-state index in [1.54, 1.807) is 7.11 Å². The number of aliphatic imine (C=N–C) groups is 1. The fraction of sp³-hybridized carbons (Fsp3) is 0.444. The van der Waals surface area contributed by atoms with Crippen LogP contribution in [0.4, 0.5) is 0 Å². The number of amidine groups is 1. The lowest BCUT2D eigenvalue weighted by molar-refractivity contribution is -0.137. The zero-order valence-corrected chi connectivity index (χ0v) is 29.5. The van der Waals surface area contributed by atoms with E-state index < -0.39 is 0 Å². The zero-order chi connectivity index (χ0) is 31.5. The Balaban J connectivity index is 1.42. The number of halogens is 2. The third-order valence-electron chi connectivity index (χ3n) is 9.07. The highest BCUT2D eigenvalue weighted by atomic mass is 79.9. The van der Waals surface area contributed by atoms with Gasteiger partial charge in [-0.15, -0.1) is 0 Å². The summed E-state index contributed by atoms with van der Waals surface area (Å²) >= 11 is 7.21. The van der Waals surface area contributed by atoms with Gasteiger partial charge in [0, 0.05) is 47.1 Å². The van der Waals surface area contributed by atoms with Crippen molar-refractivity contribution >= 4 is 43.6 Å². The maximum atomic E-state index is 14.9. The summed E-state index contributed by atoms with van der Waals surface area (Å²) in [6.45, 7) is 8.07. The lowest BCUT2D eigenvalue weighted by Crippen LogP contribution is -2.51. The van der Waals surface area contributed by atoms with Gasteiger partial charge in [-0.3, -0.25) is 14.7 Å². The molecule has 3 aromatic rings. The molecule has 2 saturated heterocycles. The molecule has 45 heavy (non-hydrogen) atoms. The number of hydrogen-bond donors (Lipinski definition) is 0. The van der Waals surface area contributed by atoms with Crippen molar-refractivity contribution < 1.29 is 14.3 Å². The van der Waals surface area contributed by atoms with Crippen molar-refractivity contribution in [2.24, 2.45) is 10.9 Å². The Morgan fingerprint density at radius 2 is 1.42 bits per heavy atom. The Bertz CT molecular complexity index is 1500. The van der Waals surface area contributed by atoms with Crippen molar-refractivity contribution in [2.45, 2.75) is 64.1 Å². The molecule has 0 saturated carbocycles. The van der Waals surface area contributed by atoms with E-state index in [1.807, 2.05) is 61.2 Å². The van der Waals surface area contributed by atoms with Crippen LogP contribution in [0.5, 0.6) is 11.5 Å². The summed E-state index contributed by atoms with van der Waals surface area (Å²) in [6, 6.07) is 21.8. The lowest BCUT2D eigenvalue weighted by atomic mass is 9.90. The summed E-state index contributed by atoms with van der Waals surface area (Å²) in [6.07, 6.45) is 5.40. The predicted octanol–water partition coefficient (Wildman–Crippen LogP) is 8.19. The molecule has 0 radical (unpaired) electrons. The first-order chi connectivity index (χ1) is 21.8. The number of nitrogens with zero attached hydrogens (tertiary/aromatic N) is 4. The molecule has 2 unspecified atom stereocenters. The number of benzene rings is 3. The lowest BCUT2D eigenvalue weighted by Gasteiger charge is -2.42. The molecule has 6 rings (SSSR count). The van der Waals surface area contributed by atoms with Crippen LogP contribution in [0.25, 0.3) is 0 Å². The second-order valence-corrected chi connectivity index (χ2v) is 14.3. The Hall–Kier alpha value is -2.72. The minimum atomic E-state index is -0.309. The van der Waals surface area contributed by atoms with E-state index in [0.29, 0.717) is 17.3 Å². The minimum absolute atomic E-state index is 0.0642. The van der Waals surface area contributed by atoms with Crippen LogP contribution in [0.2, 0.25) is 0 Å². The Kier molecular flexibility index (Phi) is 10.3. The van der Waals surface area contributed by atoms with Crippen molar-refractivity contribution in [1.29, 1.82) is 0 Å². The summed E-state index contributed by atoms with van der Waals surface area (Å²) < 4.78 is 13.9. The van der Waals surface area contributed by atoms with Gasteiger partial charge in [0.2, 0.25) is 5.91 Å². The molecule has 2 fully saturated rings. The van der Waals surface area contributed by atoms with Gasteiger partial charge in [-0.1, -0.05) is 62.5 Å². The first-order valence-electron chi connectivity index (χ1n) is 16.1. The summed E-state index contributed by atoms with van der Waals surface area (Å²) in [7, 11) is 1.65. The summed E-state index contributed by atoms with van der Waals surface area (Å²) in [5, 5.41) is 4.99. The van der Waals surface area contributed by atoms with Crippen LogP contribution in [0.1, 0.15) is 74.7 Å². The number of ether oxygens (including phenoxy) is 2. The fourth-order valence-corrected chi connectivity index (χ4v) is 7.33. The molecule has 0 bridgehead atoms. The van der Waals surface area contributed by atoms with Crippen LogP contribution in [0.15, 0.2) is 80.7 Å². The molecule has 3 aliphatic heterocycles. The normalized spacial score (nSPS) is 21.6. The third-order valence-corrected chi connectivity index (χ3v) is 10.1. The van der Waals surface area contributed by atoms with Gasteiger partial charge >= 0.3 is 0 Å². The van der Waals surface area contributed by atoms with Gasteiger partial charge in [0.1, 0.15) is 23.4 Å². The molecule has 7 nitrogen and oxygen atoms in total. The number of rotatable bonds is 8. The smallest absolute Gasteiger partial charge is 0.232 e. The van der Waals surface area contributed by atoms with E-state index >= 15 is 0 Å². The van der Waals surface area contributed by atoms with E-state index in [1.165, 1.54) is 19.3 Å². The molecule has 0 aliphatic carbocycles. The van der Waals surface area contributed by atoms with Gasteiger partial charge in [0.25, 0.3) is 0 Å². The van der Waals surface area contributed by atoms with Gasteiger partial charge in [-0.05, 0) is 87.1 Å². The molecule has 0 spiro atoms. The predicted molar refractivity (Wildman–Crippen MR) is 186 cm³/mol. The van der Waals surface area contributed by atoms with E-state index in [2.05, 4.69) is 66.1 Å². The van der Waals surface area contributed by atoms with Gasteiger partial charge < -0.3 is 9.47 Å². The average molecular weight is 739 g/mol. The number of piperidine rings is 2. The van der Waals surface area contributed by atoms with Crippen LogP contribution >= 0.6 is 31.9 Å². The first kappa shape index (κ1) is 32.2. The highest BCUT2D eigenvalue weighted by Crippen LogP contribution is 2.46. The number of hydrogen-bond acceptors (Lipinski definition) is 6. The standard InChI is InChI=1S/C36H42Br2N4O3/c1-24(2)45-32-23-30(44-3)15-16-31(32)35-39-33(25-7-11-28(37)12-8-25)34(26-9-13-29(38)14-10-26)42(35)36(43)27-17-21-41(22-18-27)40-19-5-4-6-20-40/h7-16,23-24,27,33-34H,4-6,17-22H2,1-3H3. The maximum Gasteiger partial charge on any atom is 0.232 e.